The zero-order valence-electron chi connectivity index (χ0n) is 11.0. The predicted molar refractivity (Wildman–Crippen MR) is 65.8 cm³/mol. The van der Waals surface area contributed by atoms with Gasteiger partial charge in [-0.25, -0.2) is 18.0 Å². The molecule has 2 amide bonds. The number of urea groups is 1. The summed E-state index contributed by atoms with van der Waals surface area (Å²) in [6.45, 7) is -0.0396. The van der Waals surface area contributed by atoms with Crippen LogP contribution in [0.1, 0.15) is 0 Å². The zero-order chi connectivity index (χ0) is 15.3. The molecule has 0 aliphatic rings. The van der Waals surface area contributed by atoms with Crippen LogP contribution in [0.25, 0.3) is 0 Å². The number of ether oxygens (including phenoxy) is 1. The van der Waals surface area contributed by atoms with Crippen molar-refractivity contribution in [1.29, 1.82) is 0 Å². The van der Waals surface area contributed by atoms with E-state index in [1.54, 1.807) is 0 Å². The Balaban J connectivity index is 2.68. The maximum atomic E-state index is 13.3. The number of hydrogen-bond acceptors (Lipinski definition) is 3. The van der Waals surface area contributed by atoms with Crippen molar-refractivity contribution in [3.05, 3.63) is 29.6 Å². The van der Waals surface area contributed by atoms with E-state index in [1.807, 2.05) is 0 Å². The molecule has 5 nitrogen and oxygen atoms in total. The van der Waals surface area contributed by atoms with E-state index in [2.05, 4.69) is 5.32 Å². The molecule has 0 aromatic heterocycles. The fourth-order valence-corrected chi connectivity index (χ4v) is 1.47. The first-order chi connectivity index (χ1) is 9.35. The number of nitrogens with zero attached hydrogens (tertiary/aromatic N) is 1. The quantitative estimate of drug-likeness (QED) is 0.810. The lowest BCUT2D eigenvalue weighted by molar-refractivity contribution is 0.0501. The summed E-state index contributed by atoms with van der Waals surface area (Å²) in [5.74, 6) is -3.71. The monoisotopic (exact) mass is 292 g/mol. The van der Waals surface area contributed by atoms with Crippen molar-refractivity contribution in [2.75, 3.05) is 32.6 Å². The highest BCUT2D eigenvalue weighted by atomic mass is 19.2. The van der Waals surface area contributed by atoms with Crippen molar-refractivity contribution < 1.29 is 27.8 Å². The van der Waals surface area contributed by atoms with Gasteiger partial charge in [-0.2, -0.15) is 0 Å². The molecule has 0 spiro atoms. The van der Waals surface area contributed by atoms with Gasteiger partial charge < -0.3 is 20.1 Å². The lowest BCUT2D eigenvalue weighted by atomic mass is 10.3. The summed E-state index contributed by atoms with van der Waals surface area (Å²) in [5, 5.41) is 11.5. The summed E-state index contributed by atoms with van der Waals surface area (Å²) in [4.78, 5) is 12.7. The summed E-state index contributed by atoms with van der Waals surface area (Å²) in [6, 6.07) is 0.109. The van der Waals surface area contributed by atoms with Crippen molar-refractivity contribution in [3.63, 3.8) is 0 Å². The predicted octanol–water partition coefficient (Wildman–Crippen LogP) is 1.57. The van der Waals surface area contributed by atoms with Crippen LogP contribution in [0.4, 0.5) is 23.7 Å². The fourth-order valence-electron chi connectivity index (χ4n) is 1.47. The maximum Gasteiger partial charge on any atom is 0.321 e. The van der Waals surface area contributed by atoms with Crippen LogP contribution in [0.2, 0.25) is 0 Å². The Bertz CT molecular complexity index is 485. The van der Waals surface area contributed by atoms with Crippen molar-refractivity contribution in [2.45, 2.75) is 6.10 Å². The fraction of sp³-hybridized carbons (Fsp3) is 0.417. The molecule has 0 saturated heterocycles. The molecule has 0 bridgehead atoms. The second kappa shape index (κ2) is 7.11. The molecule has 0 saturated carbocycles. The highest BCUT2D eigenvalue weighted by molar-refractivity contribution is 5.89. The Morgan fingerprint density at radius 1 is 1.35 bits per heavy atom. The van der Waals surface area contributed by atoms with Gasteiger partial charge in [-0.05, 0) is 0 Å². The van der Waals surface area contributed by atoms with Crippen LogP contribution in [-0.4, -0.2) is 49.5 Å². The van der Waals surface area contributed by atoms with Crippen LogP contribution in [-0.2, 0) is 4.74 Å². The van der Waals surface area contributed by atoms with Gasteiger partial charge >= 0.3 is 6.03 Å². The molecule has 0 heterocycles. The number of carbonyl (C=O) groups excluding carboxylic acids is 1. The molecule has 0 radical (unpaired) electrons. The van der Waals surface area contributed by atoms with Gasteiger partial charge in [0.2, 0.25) is 0 Å². The number of amides is 2. The first-order valence-corrected chi connectivity index (χ1v) is 5.68. The summed E-state index contributed by atoms with van der Waals surface area (Å²) in [7, 11) is 2.74. The van der Waals surface area contributed by atoms with Gasteiger partial charge in [0.1, 0.15) is 5.82 Å². The highest BCUT2D eigenvalue weighted by Crippen LogP contribution is 2.18. The Morgan fingerprint density at radius 3 is 2.55 bits per heavy atom. The smallest absolute Gasteiger partial charge is 0.321 e. The number of rotatable bonds is 5. The van der Waals surface area contributed by atoms with Gasteiger partial charge in [0, 0.05) is 26.3 Å². The third-order valence-electron chi connectivity index (χ3n) is 2.44. The minimum absolute atomic E-state index is 0.0250. The average molecular weight is 292 g/mol. The standard InChI is InChI=1S/C12H15F3N2O3/c1-17(5-7(18)6-20-2)12(19)16-11-4-9(14)8(13)3-10(11)15/h3-4,7,18H,5-6H2,1-2H3,(H,16,19). The molecule has 1 aromatic carbocycles. The van der Waals surface area contributed by atoms with Crippen molar-refractivity contribution in [3.8, 4) is 0 Å². The molecule has 1 rings (SSSR count). The Kier molecular flexibility index (Phi) is 5.78. The van der Waals surface area contributed by atoms with Crippen molar-refractivity contribution in [2.24, 2.45) is 0 Å². The molecule has 2 N–H and O–H groups in total. The topological polar surface area (TPSA) is 61.8 Å². The van der Waals surface area contributed by atoms with Gasteiger partial charge in [0.15, 0.2) is 11.6 Å². The Hall–Kier alpha value is -1.80. The number of aliphatic hydroxyl groups is 1. The van der Waals surface area contributed by atoms with Crippen molar-refractivity contribution in [1.82, 2.24) is 4.90 Å². The first-order valence-electron chi connectivity index (χ1n) is 5.68. The summed E-state index contributed by atoms with van der Waals surface area (Å²) in [5.41, 5.74) is -0.484. The summed E-state index contributed by atoms with van der Waals surface area (Å²) < 4.78 is 43.7. The molecule has 0 aliphatic heterocycles. The number of nitrogens with one attached hydrogen (secondary N) is 1. The number of benzene rings is 1. The van der Waals surface area contributed by atoms with E-state index >= 15 is 0 Å². The largest absolute Gasteiger partial charge is 0.389 e. The molecule has 20 heavy (non-hydrogen) atoms. The zero-order valence-corrected chi connectivity index (χ0v) is 11.0. The van der Waals surface area contributed by atoms with Gasteiger partial charge in [-0.1, -0.05) is 0 Å². The third kappa shape index (κ3) is 4.39. The Labute approximate surface area is 113 Å². The van der Waals surface area contributed by atoms with E-state index in [1.165, 1.54) is 14.2 Å². The van der Waals surface area contributed by atoms with E-state index in [4.69, 9.17) is 4.74 Å². The number of carbonyl (C=O) groups is 1. The maximum absolute atomic E-state index is 13.3. The summed E-state index contributed by atoms with van der Waals surface area (Å²) in [6.07, 6.45) is -0.912. The van der Waals surface area contributed by atoms with E-state index in [-0.39, 0.29) is 13.2 Å². The van der Waals surface area contributed by atoms with Crippen LogP contribution in [0.5, 0.6) is 0 Å². The van der Waals surface area contributed by atoms with E-state index in [0.717, 1.165) is 4.90 Å². The van der Waals surface area contributed by atoms with Crippen LogP contribution in [0.3, 0.4) is 0 Å². The average Bonchev–Trinajstić information content (AvgIpc) is 2.35. The number of anilines is 1. The minimum Gasteiger partial charge on any atom is -0.389 e. The van der Waals surface area contributed by atoms with E-state index in [0.29, 0.717) is 12.1 Å². The first kappa shape index (κ1) is 16.3. The molecule has 112 valence electrons. The second-order valence-corrected chi connectivity index (χ2v) is 4.17. The van der Waals surface area contributed by atoms with Gasteiger partial charge in [-0.3, -0.25) is 0 Å². The molecule has 8 heteroatoms. The lowest BCUT2D eigenvalue weighted by Crippen LogP contribution is -2.38. The normalized spacial score (nSPS) is 12.1. The van der Waals surface area contributed by atoms with E-state index < -0.39 is 35.3 Å². The molecular weight excluding hydrogens is 277 g/mol. The molecule has 1 aromatic rings. The molecule has 0 aliphatic carbocycles. The minimum atomic E-state index is -1.34. The summed E-state index contributed by atoms with van der Waals surface area (Å²) >= 11 is 0. The number of likely N-dealkylation sites (N-methyl/N-ethyl adjacent to an activating group) is 1. The number of aliphatic hydroxyl groups excluding tert-OH is 1. The van der Waals surface area contributed by atoms with Gasteiger partial charge in [0.25, 0.3) is 0 Å². The third-order valence-corrected chi connectivity index (χ3v) is 2.44. The Morgan fingerprint density at radius 2 is 1.95 bits per heavy atom. The molecule has 0 fully saturated rings. The van der Waals surface area contributed by atoms with Gasteiger partial charge in [-0.15, -0.1) is 0 Å². The molecule has 1 atom stereocenters. The van der Waals surface area contributed by atoms with Crippen LogP contribution in [0, 0.1) is 17.5 Å². The lowest BCUT2D eigenvalue weighted by Gasteiger charge is -2.21. The SMILES string of the molecule is COCC(O)CN(C)C(=O)Nc1cc(F)c(F)cc1F. The van der Waals surface area contributed by atoms with Crippen LogP contribution < -0.4 is 5.32 Å². The highest BCUT2D eigenvalue weighted by Gasteiger charge is 2.17. The number of hydrogen-bond donors (Lipinski definition) is 2. The molecule has 1 unspecified atom stereocenters. The van der Waals surface area contributed by atoms with Crippen LogP contribution >= 0.6 is 0 Å². The van der Waals surface area contributed by atoms with Crippen molar-refractivity contribution >= 4 is 11.7 Å². The number of methoxy groups -OCH3 is 1. The van der Waals surface area contributed by atoms with Gasteiger partial charge in [0.05, 0.1) is 24.9 Å². The van der Waals surface area contributed by atoms with Crippen LogP contribution in [0.15, 0.2) is 12.1 Å². The number of halogens is 3. The second-order valence-electron chi connectivity index (χ2n) is 4.17. The van der Waals surface area contributed by atoms with E-state index in [9.17, 15) is 23.1 Å². The molecular formula is C12H15F3N2O3.